The van der Waals surface area contributed by atoms with E-state index in [9.17, 15) is 0 Å². The Kier molecular flexibility index (Phi) is 9.33. The van der Waals surface area contributed by atoms with E-state index in [0.29, 0.717) is 0 Å². The molecule has 0 N–H and O–H groups in total. The first kappa shape index (κ1) is 39.4. The Morgan fingerprint density at radius 2 is 1.26 bits per heavy atom. The summed E-state index contributed by atoms with van der Waals surface area (Å²) in [7, 11) is 7.77. The van der Waals surface area contributed by atoms with E-state index < -0.39 is 5.60 Å². The molecule has 1 saturated heterocycles. The highest BCUT2D eigenvalue weighted by molar-refractivity contribution is 6.11. The molecule has 6 aromatic carbocycles. The van der Waals surface area contributed by atoms with E-state index in [-0.39, 0.29) is 16.2 Å². The number of ether oxygens (including phenoxy) is 4. The Morgan fingerprint density at radius 1 is 0.656 bits per heavy atom. The van der Waals surface area contributed by atoms with Gasteiger partial charge in [0.15, 0.2) is 5.60 Å². The second kappa shape index (κ2) is 14.4. The summed E-state index contributed by atoms with van der Waals surface area (Å²) in [5, 5.41) is 2.34. The molecule has 2 aliphatic heterocycles. The average Bonchev–Trinajstić information content (AvgIpc) is 3.53. The van der Waals surface area contributed by atoms with Crippen LogP contribution in [0.4, 0.5) is 11.4 Å². The largest absolute Gasteiger partial charge is 0.497 e. The van der Waals surface area contributed by atoms with Gasteiger partial charge in [0.25, 0.3) is 0 Å². The fraction of sp³-hybridized carbons (Fsp3) is 0.345. The smallest absolute Gasteiger partial charge is 0.178 e. The molecular weight excluding hydrogens is 753 g/mol. The maximum atomic E-state index is 7.90. The Labute approximate surface area is 361 Å². The van der Waals surface area contributed by atoms with Crippen molar-refractivity contribution in [2.24, 2.45) is 10.8 Å². The van der Waals surface area contributed by atoms with Gasteiger partial charge in [-0.3, -0.25) is 0 Å². The average molecular weight is 811 g/mol. The van der Waals surface area contributed by atoms with Crippen LogP contribution in [0.25, 0.3) is 39.1 Å². The summed E-state index contributed by atoms with van der Waals surface area (Å²) >= 11 is 0. The van der Waals surface area contributed by atoms with Crippen molar-refractivity contribution in [2.45, 2.75) is 58.0 Å². The molecule has 0 amide bonds. The maximum absolute atomic E-state index is 7.90. The van der Waals surface area contributed by atoms with Crippen molar-refractivity contribution < 1.29 is 18.9 Å². The number of nitrogens with zero attached hydrogens (tertiary/aromatic N) is 2. The van der Waals surface area contributed by atoms with Crippen LogP contribution in [-0.4, -0.2) is 54.6 Å². The Bertz CT molecular complexity index is 2600. The minimum Gasteiger partial charge on any atom is -0.497 e. The molecule has 10 rings (SSSR count). The third kappa shape index (κ3) is 6.40. The van der Waals surface area contributed by atoms with Gasteiger partial charge in [-0.15, -0.1) is 0 Å². The van der Waals surface area contributed by atoms with Crippen LogP contribution >= 0.6 is 0 Å². The van der Waals surface area contributed by atoms with Crippen molar-refractivity contribution in [1.82, 2.24) is 0 Å². The molecule has 2 fully saturated rings. The number of hydrogen-bond donors (Lipinski definition) is 0. The van der Waals surface area contributed by atoms with E-state index in [1.54, 1.807) is 14.2 Å². The normalized spacial score (nSPS) is 18.9. The third-order valence-corrected chi connectivity index (χ3v) is 13.9. The lowest BCUT2D eigenvalue weighted by Gasteiger charge is -2.52. The van der Waals surface area contributed by atoms with Gasteiger partial charge in [0.05, 0.1) is 27.4 Å². The van der Waals surface area contributed by atoms with E-state index in [1.807, 2.05) is 24.3 Å². The number of anilines is 2. The lowest BCUT2D eigenvalue weighted by Crippen LogP contribution is -2.44. The van der Waals surface area contributed by atoms with Gasteiger partial charge in [-0.25, -0.2) is 0 Å². The van der Waals surface area contributed by atoms with Crippen LogP contribution in [0.1, 0.15) is 74.8 Å². The standard InChI is InChI=1S/C55H58N2O4/c1-52(2)33-53(3,4)35-54(34-52)47-12-10-9-11-42(47)49-45-32-48(56(5)6)44(36-13-19-39(20-14-36)57-27-29-60-30-28-57)31-46(45)51-43(50(49)54)25-26-55(61-51,37-15-21-40(58-7)22-16-37)38-17-23-41(59-8)24-18-38/h9-26,31-32H,27-30,33-35H2,1-8H3. The third-order valence-electron chi connectivity index (χ3n) is 13.9. The van der Waals surface area contributed by atoms with Crippen LogP contribution in [0.2, 0.25) is 0 Å². The number of benzene rings is 6. The number of morpholine rings is 1. The summed E-state index contributed by atoms with van der Waals surface area (Å²) in [6.07, 6.45) is 8.02. The van der Waals surface area contributed by atoms with Gasteiger partial charge < -0.3 is 28.7 Å². The van der Waals surface area contributed by atoms with Crippen molar-refractivity contribution >= 4 is 28.2 Å². The minimum absolute atomic E-state index is 0.125. The Balaban J connectivity index is 1.29. The molecule has 0 radical (unpaired) electrons. The highest BCUT2D eigenvalue weighted by Gasteiger charge is 2.55. The van der Waals surface area contributed by atoms with Gasteiger partial charge in [0.2, 0.25) is 0 Å². The fourth-order valence-corrected chi connectivity index (χ4v) is 12.1. The summed E-state index contributed by atoms with van der Waals surface area (Å²) in [6.45, 7) is 13.3. The van der Waals surface area contributed by atoms with Crippen LogP contribution in [0.3, 0.4) is 0 Å². The molecule has 1 spiro atoms. The van der Waals surface area contributed by atoms with Crippen LogP contribution in [-0.2, 0) is 15.8 Å². The molecule has 0 unspecified atom stereocenters. The second-order valence-corrected chi connectivity index (χ2v) is 19.6. The molecule has 1 saturated carbocycles. The zero-order chi connectivity index (χ0) is 42.3. The van der Waals surface area contributed by atoms with Gasteiger partial charge in [0, 0.05) is 71.6 Å². The van der Waals surface area contributed by atoms with E-state index in [0.717, 1.165) is 72.9 Å². The first-order chi connectivity index (χ1) is 29.4. The number of rotatable bonds is 7. The zero-order valence-corrected chi connectivity index (χ0v) is 37.0. The number of methoxy groups -OCH3 is 2. The maximum Gasteiger partial charge on any atom is 0.178 e. The van der Waals surface area contributed by atoms with Crippen LogP contribution < -0.4 is 24.0 Å². The van der Waals surface area contributed by atoms with Crippen molar-refractivity contribution in [3.05, 3.63) is 143 Å². The van der Waals surface area contributed by atoms with E-state index in [1.165, 1.54) is 62.1 Å². The van der Waals surface area contributed by atoms with Gasteiger partial charge >= 0.3 is 0 Å². The number of fused-ring (bicyclic) bond motifs is 10. The topological polar surface area (TPSA) is 43.4 Å². The monoisotopic (exact) mass is 810 g/mol. The highest BCUT2D eigenvalue weighted by atomic mass is 16.5. The second-order valence-electron chi connectivity index (χ2n) is 19.6. The van der Waals surface area contributed by atoms with Crippen molar-refractivity contribution in [2.75, 3.05) is 64.4 Å². The van der Waals surface area contributed by atoms with Crippen molar-refractivity contribution in [3.8, 4) is 39.5 Å². The van der Waals surface area contributed by atoms with Crippen LogP contribution in [0.5, 0.6) is 17.2 Å². The first-order valence-electron chi connectivity index (χ1n) is 21.9. The molecule has 6 nitrogen and oxygen atoms in total. The summed E-state index contributed by atoms with van der Waals surface area (Å²) in [4.78, 5) is 4.69. The Hall–Kier alpha value is -5.72. The zero-order valence-electron chi connectivity index (χ0n) is 37.0. The van der Waals surface area contributed by atoms with Crippen molar-refractivity contribution in [1.29, 1.82) is 0 Å². The molecule has 2 aliphatic carbocycles. The van der Waals surface area contributed by atoms with Crippen LogP contribution in [0, 0.1) is 10.8 Å². The van der Waals surface area contributed by atoms with E-state index in [2.05, 4.69) is 149 Å². The molecule has 0 aromatic heterocycles. The van der Waals surface area contributed by atoms with Gasteiger partial charge in [-0.05, 0) is 118 Å². The lowest BCUT2D eigenvalue weighted by molar-refractivity contribution is 0.0642. The summed E-state index contributed by atoms with van der Waals surface area (Å²) in [5.74, 6) is 2.53. The molecule has 312 valence electrons. The van der Waals surface area contributed by atoms with E-state index in [4.69, 9.17) is 18.9 Å². The first-order valence-corrected chi connectivity index (χ1v) is 21.9. The SMILES string of the molecule is COc1ccc(C2(c3ccc(OC)cc3)C=Cc3c4c(c5cc(N(C)C)c(-c6ccc(N7CCOCC7)cc6)cc5c3O2)-c2ccccc2C42CC(C)(C)CC(C)(C)C2)cc1. The van der Waals surface area contributed by atoms with Gasteiger partial charge in [-0.2, -0.15) is 0 Å². The molecule has 2 heterocycles. The Morgan fingerprint density at radius 3 is 1.85 bits per heavy atom. The minimum atomic E-state index is -0.934. The molecule has 6 aromatic rings. The summed E-state index contributed by atoms with van der Waals surface area (Å²) < 4.78 is 24.9. The summed E-state index contributed by atoms with van der Waals surface area (Å²) in [6, 6.07) is 40.0. The molecular formula is C55H58N2O4. The van der Waals surface area contributed by atoms with E-state index >= 15 is 0 Å². The quantitative estimate of drug-likeness (QED) is 0.160. The highest BCUT2D eigenvalue weighted by Crippen LogP contribution is 2.67. The van der Waals surface area contributed by atoms with Gasteiger partial charge in [-0.1, -0.05) is 94.4 Å². The predicted molar refractivity (Wildman–Crippen MR) is 251 cm³/mol. The van der Waals surface area contributed by atoms with Gasteiger partial charge in [0.1, 0.15) is 17.2 Å². The molecule has 6 heteroatoms. The summed E-state index contributed by atoms with van der Waals surface area (Å²) in [5.41, 5.74) is 12.7. The lowest BCUT2D eigenvalue weighted by atomic mass is 9.52. The number of hydrogen-bond acceptors (Lipinski definition) is 6. The fourth-order valence-electron chi connectivity index (χ4n) is 12.1. The molecule has 0 bridgehead atoms. The molecule has 0 atom stereocenters. The van der Waals surface area contributed by atoms with Crippen molar-refractivity contribution in [3.63, 3.8) is 0 Å². The predicted octanol–water partition coefficient (Wildman–Crippen LogP) is 12.3. The van der Waals surface area contributed by atoms with Crippen LogP contribution in [0.15, 0.2) is 115 Å². The molecule has 61 heavy (non-hydrogen) atoms. The molecule has 4 aliphatic rings.